The molecular formula is C11H16S. The molecule has 0 N–H and O–H groups in total. The van der Waals surface area contributed by atoms with Gasteiger partial charge in [0.2, 0.25) is 0 Å². The predicted molar refractivity (Wildman–Crippen MR) is 56.9 cm³/mol. The van der Waals surface area contributed by atoms with Gasteiger partial charge in [0.15, 0.2) is 0 Å². The first-order valence-corrected chi connectivity index (χ1v) is 5.06. The van der Waals surface area contributed by atoms with E-state index < -0.39 is 0 Å². The zero-order valence-corrected chi connectivity index (χ0v) is 8.48. The van der Waals surface area contributed by atoms with Gasteiger partial charge in [-0.15, -0.1) is 12.6 Å². The fourth-order valence-electron chi connectivity index (χ4n) is 1.29. The number of benzene rings is 1. The lowest BCUT2D eigenvalue weighted by Gasteiger charge is -2.02. The van der Waals surface area contributed by atoms with Crippen molar-refractivity contribution in [3.8, 4) is 0 Å². The third-order valence-electron chi connectivity index (χ3n) is 2.04. The maximum absolute atomic E-state index is 4.40. The highest BCUT2D eigenvalue weighted by atomic mass is 32.1. The summed E-state index contributed by atoms with van der Waals surface area (Å²) in [5.74, 6) is 0. The zero-order chi connectivity index (χ0) is 8.81. The fourth-order valence-corrected chi connectivity index (χ4v) is 1.56. The quantitative estimate of drug-likeness (QED) is 0.530. The minimum atomic E-state index is 1.13. The van der Waals surface area contributed by atoms with Gasteiger partial charge in [-0.3, -0.25) is 0 Å². The van der Waals surface area contributed by atoms with Crippen LogP contribution in [0.3, 0.4) is 0 Å². The van der Waals surface area contributed by atoms with E-state index in [0.29, 0.717) is 0 Å². The summed E-state index contributed by atoms with van der Waals surface area (Å²) < 4.78 is 0. The molecule has 0 radical (unpaired) electrons. The van der Waals surface area contributed by atoms with Crippen molar-refractivity contribution in [3.05, 3.63) is 29.8 Å². The molecule has 0 atom stereocenters. The monoisotopic (exact) mass is 180 g/mol. The zero-order valence-electron chi connectivity index (χ0n) is 7.59. The smallest absolute Gasteiger partial charge is 0.00720 e. The van der Waals surface area contributed by atoms with Crippen molar-refractivity contribution in [1.82, 2.24) is 0 Å². The number of unbranched alkanes of at least 4 members (excludes halogenated alkanes) is 2. The van der Waals surface area contributed by atoms with Crippen molar-refractivity contribution in [2.24, 2.45) is 0 Å². The lowest BCUT2D eigenvalue weighted by Crippen LogP contribution is -1.86. The van der Waals surface area contributed by atoms with Gasteiger partial charge in [0.1, 0.15) is 0 Å². The topological polar surface area (TPSA) is 0 Å². The van der Waals surface area contributed by atoms with Crippen LogP contribution in [0.1, 0.15) is 31.7 Å². The first kappa shape index (κ1) is 9.66. The minimum Gasteiger partial charge on any atom is -0.143 e. The molecule has 0 aliphatic heterocycles. The molecule has 1 heteroatoms. The van der Waals surface area contributed by atoms with E-state index >= 15 is 0 Å². The van der Waals surface area contributed by atoms with Crippen molar-refractivity contribution in [2.75, 3.05) is 0 Å². The van der Waals surface area contributed by atoms with Crippen LogP contribution in [0.5, 0.6) is 0 Å². The lowest BCUT2D eigenvalue weighted by molar-refractivity contribution is 0.712. The van der Waals surface area contributed by atoms with Crippen LogP contribution in [-0.4, -0.2) is 0 Å². The Morgan fingerprint density at radius 1 is 1.17 bits per heavy atom. The van der Waals surface area contributed by atoms with Crippen molar-refractivity contribution >= 4 is 12.6 Å². The summed E-state index contributed by atoms with van der Waals surface area (Å²) in [6.07, 6.45) is 5.07. The molecule has 0 saturated heterocycles. The molecule has 0 aliphatic carbocycles. The van der Waals surface area contributed by atoms with Crippen LogP contribution in [0, 0.1) is 0 Å². The maximum Gasteiger partial charge on any atom is 0.00720 e. The Labute approximate surface area is 80.4 Å². The maximum atomic E-state index is 4.40. The summed E-state index contributed by atoms with van der Waals surface area (Å²) in [5, 5.41) is 0. The van der Waals surface area contributed by atoms with Crippen LogP contribution in [0.2, 0.25) is 0 Å². The van der Waals surface area contributed by atoms with E-state index in [9.17, 15) is 0 Å². The van der Waals surface area contributed by atoms with Gasteiger partial charge in [0.05, 0.1) is 0 Å². The molecule has 1 aromatic rings. The molecule has 12 heavy (non-hydrogen) atoms. The average molecular weight is 180 g/mol. The van der Waals surface area contributed by atoms with Crippen molar-refractivity contribution in [3.63, 3.8) is 0 Å². The number of hydrogen-bond donors (Lipinski definition) is 1. The third-order valence-corrected chi connectivity index (χ3v) is 2.48. The largest absolute Gasteiger partial charge is 0.143 e. The lowest BCUT2D eigenvalue weighted by atomic mass is 10.1. The van der Waals surface area contributed by atoms with E-state index in [4.69, 9.17) is 0 Å². The second-order valence-electron chi connectivity index (χ2n) is 3.09. The van der Waals surface area contributed by atoms with Crippen molar-refractivity contribution < 1.29 is 0 Å². The molecule has 0 aliphatic rings. The minimum absolute atomic E-state index is 1.13. The van der Waals surface area contributed by atoms with E-state index in [1.807, 2.05) is 6.07 Å². The van der Waals surface area contributed by atoms with E-state index in [1.165, 1.54) is 31.2 Å². The molecule has 0 aromatic heterocycles. The van der Waals surface area contributed by atoms with E-state index in [0.717, 1.165) is 4.90 Å². The molecular weight excluding hydrogens is 164 g/mol. The number of thiol groups is 1. The molecule has 0 heterocycles. The summed E-state index contributed by atoms with van der Waals surface area (Å²) >= 11 is 4.40. The molecule has 0 amide bonds. The van der Waals surface area contributed by atoms with Gasteiger partial charge >= 0.3 is 0 Å². The van der Waals surface area contributed by atoms with Gasteiger partial charge in [-0.25, -0.2) is 0 Å². The molecule has 0 nitrogen and oxygen atoms in total. The Bertz CT molecular complexity index is 230. The van der Waals surface area contributed by atoms with Gasteiger partial charge in [0.25, 0.3) is 0 Å². The van der Waals surface area contributed by atoms with Gasteiger partial charge in [-0.05, 0) is 24.5 Å². The fraction of sp³-hybridized carbons (Fsp3) is 0.455. The Balaban J connectivity index is 2.46. The average Bonchev–Trinajstić information content (AvgIpc) is 2.09. The van der Waals surface area contributed by atoms with Crippen LogP contribution in [0.25, 0.3) is 0 Å². The third kappa shape index (κ3) is 2.90. The van der Waals surface area contributed by atoms with Crippen molar-refractivity contribution in [2.45, 2.75) is 37.5 Å². The normalized spacial score (nSPS) is 10.2. The summed E-state index contributed by atoms with van der Waals surface area (Å²) in [6, 6.07) is 8.34. The highest BCUT2D eigenvalue weighted by Crippen LogP contribution is 2.15. The summed E-state index contributed by atoms with van der Waals surface area (Å²) in [4.78, 5) is 1.13. The first-order chi connectivity index (χ1) is 5.84. The van der Waals surface area contributed by atoms with Gasteiger partial charge < -0.3 is 0 Å². The standard InChI is InChI=1S/C11H16S/c1-2-3-4-7-10-8-5-6-9-11(10)12/h5-6,8-9,12H,2-4,7H2,1H3. The van der Waals surface area contributed by atoms with Crippen LogP contribution in [0.15, 0.2) is 29.2 Å². The predicted octanol–water partition coefficient (Wildman–Crippen LogP) is 3.71. The highest BCUT2D eigenvalue weighted by molar-refractivity contribution is 7.80. The number of rotatable bonds is 4. The second-order valence-corrected chi connectivity index (χ2v) is 3.57. The molecule has 0 bridgehead atoms. The number of hydrogen-bond acceptors (Lipinski definition) is 1. The molecule has 1 rings (SSSR count). The van der Waals surface area contributed by atoms with Crippen molar-refractivity contribution in [1.29, 1.82) is 0 Å². The Kier molecular flexibility index (Phi) is 4.23. The number of aryl methyl sites for hydroxylation is 1. The van der Waals surface area contributed by atoms with Crippen LogP contribution in [-0.2, 0) is 6.42 Å². The molecule has 0 fully saturated rings. The van der Waals surface area contributed by atoms with E-state index in [1.54, 1.807) is 0 Å². The first-order valence-electron chi connectivity index (χ1n) is 4.61. The van der Waals surface area contributed by atoms with Gasteiger partial charge in [0, 0.05) is 4.90 Å². The summed E-state index contributed by atoms with van der Waals surface area (Å²) in [5.41, 5.74) is 1.38. The molecule has 1 aromatic carbocycles. The molecule has 0 unspecified atom stereocenters. The SMILES string of the molecule is CCCCCc1ccccc1S. The molecule has 66 valence electrons. The molecule has 0 saturated carbocycles. The van der Waals surface area contributed by atoms with Crippen LogP contribution >= 0.6 is 12.6 Å². The van der Waals surface area contributed by atoms with Crippen LogP contribution < -0.4 is 0 Å². The van der Waals surface area contributed by atoms with Gasteiger partial charge in [-0.1, -0.05) is 38.0 Å². The van der Waals surface area contributed by atoms with Crippen LogP contribution in [0.4, 0.5) is 0 Å². The van der Waals surface area contributed by atoms with E-state index in [-0.39, 0.29) is 0 Å². The Morgan fingerprint density at radius 3 is 2.58 bits per heavy atom. The van der Waals surface area contributed by atoms with E-state index in [2.05, 4.69) is 37.8 Å². The molecule has 0 spiro atoms. The Morgan fingerprint density at radius 2 is 1.92 bits per heavy atom. The summed E-state index contributed by atoms with van der Waals surface area (Å²) in [6.45, 7) is 2.23. The second kappa shape index (κ2) is 5.26. The van der Waals surface area contributed by atoms with Gasteiger partial charge in [-0.2, -0.15) is 0 Å². The Hall–Kier alpha value is -0.430. The summed E-state index contributed by atoms with van der Waals surface area (Å²) in [7, 11) is 0. The highest BCUT2D eigenvalue weighted by Gasteiger charge is 1.95.